The summed E-state index contributed by atoms with van der Waals surface area (Å²) in [5.41, 5.74) is 3.43. The van der Waals surface area contributed by atoms with Gasteiger partial charge in [-0.3, -0.25) is 4.79 Å². The topological polar surface area (TPSA) is 29.1 Å². The van der Waals surface area contributed by atoms with Crippen LogP contribution in [0.5, 0.6) is 0 Å². The van der Waals surface area contributed by atoms with E-state index in [0.717, 1.165) is 19.3 Å². The van der Waals surface area contributed by atoms with Crippen LogP contribution in [0.3, 0.4) is 0 Å². The molecule has 2 heterocycles. The number of hydrogen-bond acceptors (Lipinski definition) is 2. The zero-order valence-corrected chi connectivity index (χ0v) is 13.6. The van der Waals surface area contributed by atoms with Crippen molar-refractivity contribution in [2.75, 3.05) is 0 Å². The molecule has 1 saturated carbocycles. The van der Waals surface area contributed by atoms with Crippen LogP contribution in [0.1, 0.15) is 44.2 Å². The molecular formula is C18H24ClNO. The molecular weight excluding hydrogens is 282 g/mol. The lowest BCUT2D eigenvalue weighted by atomic mass is 9.48. The number of fused-ring (bicyclic) bond motifs is 2. The lowest BCUT2D eigenvalue weighted by Crippen LogP contribution is -2.69. The van der Waals surface area contributed by atoms with Crippen LogP contribution in [-0.4, -0.2) is 17.9 Å². The largest absolute Gasteiger partial charge is 0.310 e. The smallest absolute Gasteiger partial charge is 0.134 e. The zero-order valence-electron chi connectivity index (χ0n) is 12.8. The minimum absolute atomic E-state index is 0. The number of nitrogens with one attached hydrogen (secondary N) is 1. The molecule has 4 bridgehead atoms. The molecule has 114 valence electrons. The predicted octanol–water partition coefficient (Wildman–Crippen LogP) is 3.27. The summed E-state index contributed by atoms with van der Waals surface area (Å²) in [6, 6.07) is 9.98. The number of halogens is 1. The van der Waals surface area contributed by atoms with Gasteiger partial charge in [0.1, 0.15) is 5.78 Å². The van der Waals surface area contributed by atoms with Gasteiger partial charge in [-0.1, -0.05) is 31.2 Å². The first-order valence-electron chi connectivity index (χ1n) is 8.00. The van der Waals surface area contributed by atoms with Gasteiger partial charge in [-0.2, -0.15) is 0 Å². The number of carbonyl (C=O) groups is 1. The maximum absolute atomic E-state index is 11.9. The van der Waals surface area contributed by atoms with Crippen molar-refractivity contribution in [3.8, 4) is 0 Å². The summed E-state index contributed by atoms with van der Waals surface area (Å²) >= 11 is 0. The van der Waals surface area contributed by atoms with Gasteiger partial charge in [-0.15, -0.1) is 12.4 Å². The fourth-order valence-electron chi connectivity index (χ4n) is 5.44. The van der Waals surface area contributed by atoms with Crippen molar-refractivity contribution in [2.45, 2.75) is 57.0 Å². The predicted molar refractivity (Wildman–Crippen MR) is 87.0 cm³/mol. The first-order chi connectivity index (χ1) is 9.65. The molecule has 1 aromatic rings. The normalized spacial score (nSPS) is 39.3. The van der Waals surface area contributed by atoms with Crippen molar-refractivity contribution in [3.63, 3.8) is 0 Å². The highest BCUT2D eigenvalue weighted by Gasteiger charge is 2.58. The highest BCUT2D eigenvalue weighted by atomic mass is 35.5. The Morgan fingerprint density at radius 2 is 2.10 bits per heavy atom. The van der Waals surface area contributed by atoms with E-state index in [1.165, 1.54) is 12.0 Å². The second kappa shape index (κ2) is 5.10. The van der Waals surface area contributed by atoms with Crippen molar-refractivity contribution in [1.29, 1.82) is 0 Å². The van der Waals surface area contributed by atoms with E-state index in [0.29, 0.717) is 29.2 Å². The van der Waals surface area contributed by atoms with Crippen LogP contribution in [0.25, 0.3) is 0 Å². The first-order valence-corrected chi connectivity index (χ1v) is 8.00. The minimum Gasteiger partial charge on any atom is -0.310 e. The molecule has 1 N–H and O–H groups in total. The molecule has 4 unspecified atom stereocenters. The van der Waals surface area contributed by atoms with Gasteiger partial charge in [-0.25, -0.2) is 0 Å². The van der Waals surface area contributed by atoms with Crippen LogP contribution in [0, 0.1) is 11.8 Å². The number of carbonyl (C=O) groups excluding carboxylic acids is 1. The molecule has 0 aromatic heterocycles. The molecule has 2 nitrogen and oxygen atoms in total. The summed E-state index contributed by atoms with van der Waals surface area (Å²) in [5, 5.41) is 3.79. The monoisotopic (exact) mass is 305 g/mol. The lowest BCUT2D eigenvalue weighted by Gasteiger charge is -2.61. The second-order valence-electron chi connectivity index (χ2n) is 7.01. The molecule has 0 spiro atoms. The van der Waals surface area contributed by atoms with Gasteiger partial charge in [0.2, 0.25) is 0 Å². The SMILES string of the molecule is CC[C@@]12CC3NC(Cc4ccccc41)C2CC3C(C)=O.Cl. The van der Waals surface area contributed by atoms with Gasteiger partial charge < -0.3 is 5.32 Å². The van der Waals surface area contributed by atoms with E-state index in [4.69, 9.17) is 0 Å². The average Bonchev–Trinajstić information content (AvgIpc) is 2.46. The van der Waals surface area contributed by atoms with Crippen molar-refractivity contribution in [3.05, 3.63) is 35.4 Å². The van der Waals surface area contributed by atoms with E-state index in [2.05, 4.69) is 36.5 Å². The summed E-state index contributed by atoms with van der Waals surface area (Å²) in [6.45, 7) is 4.11. The van der Waals surface area contributed by atoms with Crippen molar-refractivity contribution >= 4 is 18.2 Å². The number of benzene rings is 1. The third-order valence-electron chi connectivity index (χ3n) is 6.35. The van der Waals surface area contributed by atoms with Crippen molar-refractivity contribution in [1.82, 2.24) is 5.32 Å². The second-order valence-corrected chi connectivity index (χ2v) is 7.01. The Labute approximate surface area is 133 Å². The van der Waals surface area contributed by atoms with E-state index in [-0.39, 0.29) is 18.3 Å². The molecule has 4 aliphatic rings. The molecule has 3 heteroatoms. The number of ketones is 1. The summed E-state index contributed by atoms with van der Waals surface area (Å²) in [7, 11) is 0. The third kappa shape index (κ3) is 1.92. The Morgan fingerprint density at radius 3 is 2.76 bits per heavy atom. The maximum Gasteiger partial charge on any atom is 0.134 e. The molecule has 5 atom stereocenters. The summed E-state index contributed by atoms with van der Waals surface area (Å²) in [4.78, 5) is 11.9. The summed E-state index contributed by atoms with van der Waals surface area (Å²) in [5.74, 6) is 1.27. The Hall–Kier alpha value is -0.860. The molecule has 1 aromatic carbocycles. The van der Waals surface area contributed by atoms with Crippen LogP contribution < -0.4 is 5.32 Å². The number of rotatable bonds is 2. The third-order valence-corrected chi connectivity index (χ3v) is 6.35. The molecule has 21 heavy (non-hydrogen) atoms. The lowest BCUT2D eigenvalue weighted by molar-refractivity contribution is -0.127. The molecule has 0 amide bonds. The van der Waals surface area contributed by atoms with Crippen LogP contribution in [-0.2, 0) is 16.6 Å². The first kappa shape index (κ1) is 15.1. The van der Waals surface area contributed by atoms with Gasteiger partial charge in [0.05, 0.1) is 0 Å². The fraction of sp³-hybridized carbons (Fsp3) is 0.611. The van der Waals surface area contributed by atoms with E-state index >= 15 is 0 Å². The molecule has 2 aliphatic carbocycles. The quantitative estimate of drug-likeness (QED) is 0.908. The molecule has 2 aliphatic heterocycles. The summed E-state index contributed by atoms with van der Waals surface area (Å²) in [6.07, 6.45) is 4.59. The van der Waals surface area contributed by atoms with E-state index in [1.54, 1.807) is 12.5 Å². The van der Waals surface area contributed by atoms with E-state index in [9.17, 15) is 4.79 Å². The standard InChI is InChI=1S/C18H23NO.ClH/c1-3-18-10-17-13(11(2)20)9-15(18)16(19-17)8-12-6-4-5-7-14(12)18;/h4-7,13,15-17,19H,3,8-10H2,1-2H3;1H/t13?,15?,16?,17?,18-;/m1./s1. The maximum atomic E-state index is 11.9. The Kier molecular flexibility index (Phi) is 3.66. The summed E-state index contributed by atoms with van der Waals surface area (Å²) < 4.78 is 0. The van der Waals surface area contributed by atoms with Crippen molar-refractivity contribution < 1.29 is 4.79 Å². The number of piperidine rings is 2. The van der Waals surface area contributed by atoms with Gasteiger partial charge in [0.25, 0.3) is 0 Å². The molecule has 5 rings (SSSR count). The Balaban J connectivity index is 0.00000132. The molecule has 2 saturated heterocycles. The van der Waals surface area contributed by atoms with Gasteiger partial charge in [-0.05, 0) is 49.7 Å². The van der Waals surface area contributed by atoms with Gasteiger partial charge >= 0.3 is 0 Å². The number of hydrogen-bond donors (Lipinski definition) is 1. The van der Waals surface area contributed by atoms with Crippen LogP contribution in [0.4, 0.5) is 0 Å². The van der Waals surface area contributed by atoms with Crippen LogP contribution >= 0.6 is 12.4 Å². The number of Topliss-reactive ketones (excluding diaryl/α,β-unsaturated/α-hetero) is 1. The molecule has 0 radical (unpaired) electrons. The fourth-order valence-corrected chi connectivity index (χ4v) is 5.44. The van der Waals surface area contributed by atoms with Crippen LogP contribution in [0.2, 0.25) is 0 Å². The van der Waals surface area contributed by atoms with Gasteiger partial charge in [0.15, 0.2) is 0 Å². The van der Waals surface area contributed by atoms with Crippen molar-refractivity contribution in [2.24, 2.45) is 11.8 Å². The Morgan fingerprint density at radius 1 is 1.33 bits per heavy atom. The van der Waals surface area contributed by atoms with E-state index < -0.39 is 0 Å². The molecule has 3 fully saturated rings. The van der Waals surface area contributed by atoms with Gasteiger partial charge in [0, 0.05) is 23.4 Å². The zero-order chi connectivity index (χ0) is 13.9. The van der Waals surface area contributed by atoms with E-state index in [1.807, 2.05) is 0 Å². The highest BCUT2D eigenvalue weighted by Crippen LogP contribution is 2.56. The minimum atomic E-state index is 0. The Bertz CT molecular complexity index is 572. The average molecular weight is 306 g/mol. The van der Waals surface area contributed by atoms with Crippen LogP contribution in [0.15, 0.2) is 24.3 Å². The highest BCUT2D eigenvalue weighted by molar-refractivity contribution is 5.85.